The maximum absolute atomic E-state index is 10.5. The van der Waals surface area contributed by atoms with Gasteiger partial charge in [0.1, 0.15) is 0 Å². The summed E-state index contributed by atoms with van der Waals surface area (Å²) in [5.41, 5.74) is -0.450. The first-order valence-electron chi connectivity index (χ1n) is 6.89. The van der Waals surface area contributed by atoms with Crippen LogP contribution in [0.1, 0.15) is 59.8 Å². The third-order valence-electron chi connectivity index (χ3n) is 3.98. The van der Waals surface area contributed by atoms with Gasteiger partial charge in [0.25, 0.3) is 0 Å². The van der Waals surface area contributed by atoms with Crippen LogP contribution in [0, 0.1) is 11.8 Å². The maximum atomic E-state index is 10.5. The van der Waals surface area contributed by atoms with Gasteiger partial charge in [0.05, 0.1) is 5.60 Å². The zero-order chi connectivity index (χ0) is 12.2. The predicted octanol–water partition coefficient (Wildman–Crippen LogP) is 2.95. The van der Waals surface area contributed by atoms with Gasteiger partial charge >= 0.3 is 0 Å². The SMILES string of the molecule is CC(C)NCC1(O)CCCC(C(C)C)CC1. The standard InChI is InChI=1S/C14H29NO/c1-11(2)13-6-5-8-14(16,9-7-13)10-15-12(3)4/h11-13,15-16H,5-10H2,1-4H3. The fraction of sp³-hybridized carbons (Fsp3) is 1.00. The van der Waals surface area contributed by atoms with Gasteiger partial charge in [-0.1, -0.05) is 40.5 Å². The molecule has 2 N–H and O–H groups in total. The lowest BCUT2D eigenvalue weighted by Gasteiger charge is -2.28. The second kappa shape index (κ2) is 6.02. The Morgan fingerprint density at radius 3 is 2.44 bits per heavy atom. The maximum Gasteiger partial charge on any atom is 0.0771 e. The topological polar surface area (TPSA) is 32.3 Å². The van der Waals surface area contributed by atoms with E-state index in [2.05, 4.69) is 33.0 Å². The molecule has 1 saturated carbocycles. The Labute approximate surface area is 101 Å². The van der Waals surface area contributed by atoms with Gasteiger partial charge in [-0.2, -0.15) is 0 Å². The number of hydrogen-bond acceptors (Lipinski definition) is 2. The van der Waals surface area contributed by atoms with Crippen LogP contribution in [-0.2, 0) is 0 Å². The third kappa shape index (κ3) is 4.42. The minimum atomic E-state index is -0.450. The summed E-state index contributed by atoms with van der Waals surface area (Å²) in [5.74, 6) is 1.58. The molecule has 96 valence electrons. The van der Waals surface area contributed by atoms with Crippen LogP contribution in [0.3, 0.4) is 0 Å². The van der Waals surface area contributed by atoms with Crippen molar-refractivity contribution in [2.75, 3.05) is 6.54 Å². The van der Waals surface area contributed by atoms with E-state index in [-0.39, 0.29) is 0 Å². The van der Waals surface area contributed by atoms with E-state index < -0.39 is 5.60 Å². The highest BCUT2D eigenvalue weighted by Crippen LogP contribution is 2.33. The Balaban J connectivity index is 2.44. The molecule has 2 nitrogen and oxygen atoms in total. The quantitative estimate of drug-likeness (QED) is 0.724. The Hall–Kier alpha value is -0.0800. The monoisotopic (exact) mass is 227 g/mol. The number of rotatable bonds is 4. The molecule has 1 fully saturated rings. The van der Waals surface area contributed by atoms with Crippen molar-refractivity contribution in [2.24, 2.45) is 11.8 Å². The number of hydrogen-bond donors (Lipinski definition) is 2. The van der Waals surface area contributed by atoms with Crippen LogP contribution in [0.2, 0.25) is 0 Å². The van der Waals surface area contributed by atoms with E-state index in [1.54, 1.807) is 0 Å². The van der Waals surface area contributed by atoms with Crippen molar-refractivity contribution in [1.82, 2.24) is 5.32 Å². The highest BCUT2D eigenvalue weighted by atomic mass is 16.3. The van der Waals surface area contributed by atoms with Gasteiger partial charge in [-0.3, -0.25) is 0 Å². The summed E-state index contributed by atoms with van der Waals surface area (Å²) < 4.78 is 0. The van der Waals surface area contributed by atoms with Crippen LogP contribution < -0.4 is 5.32 Å². The first kappa shape index (κ1) is 14.0. The first-order chi connectivity index (χ1) is 7.43. The molecule has 1 aliphatic carbocycles. The van der Waals surface area contributed by atoms with Crippen molar-refractivity contribution in [3.8, 4) is 0 Å². The zero-order valence-corrected chi connectivity index (χ0v) is 11.4. The van der Waals surface area contributed by atoms with Gasteiger partial charge in [-0.05, 0) is 31.1 Å². The van der Waals surface area contributed by atoms with Crippen molar-refractivity contribution in [1.29, 1.82) is 0 Å². The molecule has 0 aromatic carbocycles. The fourth-order valence-electron chi connectivity index (χ4n) is 2.65. The van der Waals surface area contributed by atoms with Crippen molar-refractivity contribution < 1.29 is 5.11 Å². The van der Waals surface area contributed by atoms with E-state index in [1.165, 1.54) is 19.3 Å². The lowest BCUT2D eigenvalue weighted by Crippen LogP contribution is -2.42. The van der Waals surface area contributed by atoms with Gasteiger partial charge in [0, 0.05) is 12.6 Å². The smallest absolute Gasteiger partial charge is 0.0771 e. The van der Waals surface area contributed by atoms with E-state index in [0.717, 1.165) is 31.2 Å². The van der Waals surface area contributed by atoms with Crippen LogP contribution in [-0.4, -0.2) is 23.3 Å². The molecule has 0 saturated heterocycles. The summed E-state index contributed by atoms with van der Waals surface area (Å²) in [6, 6.07) is 0.466. The van der Waals surface area contributed by atoms with E-state index in [0.29, 0.717) is 6.04 Å². The normalized spacial score (nSPS) is 32.1. The molecule has 0 bridgehead atoms. The third-order valence-corrected chi connectivity index (χ3v) is 3.98. The Kier molecular flexibility index (Phi) is 5.26. The van der Waals surface area contributed by atoms with Crippen molar-refractivity contribution in [3.63, 3.8) is 0 Å². The minimum Gasteiger partial charge on any atom is -0.389 e. The molecule has 2 unspecified atom stereocenters. The predicted molar refractivity (Wildman–Crippen MR) is 69.5 cm³/mol. The molecule has 0 aromatic rings. The van der Waals surface area contributed by atoms with Crippen LogP contribution in [0.5, 0.6) is 0 Å². The largest absolute Gasteiger partial charge is 0.389 e. The summed E-state index contributed by atoms with van der Waals surface area (Å²) in [6.07, 6.45) is 5.60. The Morgan fingerprint density at radius 2 is 1.88 bits per heavy atom. The Morgan fingerprint density at radius 1 is 1.19 bits per heavy atom. The molecule has 16 heavy (non-hydrogen) atoms. The number of nitrogens with one attached hydrogen (secondary N) is 1. The van der Waals surface area contributed by atoms with Gasteiger partial charge in [0.15, 0.2) is 0 Å². The molecule has 2 atom stereocenters. The summed E-state index contributed by atoms with van der Waals surface area (Å²) in [7, 11) is 0. The van der Waals surface area contributed by atoms with Gasteiger partial charge in [-0.15, -0.1) is 0 Å². The van der Waals surface area contributed by atoms with Gasteiger partial charge in [0.2, 0.25) is 0 Å². The summed E-state index contributed by atoms with van der Waals surface area (Å²) in [4.78, 5) is 0. The molecular weight excluding hydrogens is 198 g/mol. The summed E-state index contributed by atoms with van der Waals surface area (Å²) in [6.45, 7) is 9.65. The van der Waals surface area contributed by atoms with E-state index in [1.807, 2.05) is 0 Å². The molecule has 0 spiro atoms. The average Bonchev–Trinajstić information content (AvgIpc) is 2.38. The molecule has 1 rings (SSSR count). The second-order valence-electron chi connectivity index (χ2n) is 6.19. The molecule has 2 heteroatoms. The van der Waals surface area contributed by atoms with Crippen molar-refractivity contribution in [3.05, 3.63) is 0 Å². The number of aliphatic hydroxyl groups is 1. The molecular formula is C14H29NO. The van der Waals surface area contributed by atoms with Gasteiger partial charge in [-0.25, -0.2) is 0 Å². The molecule has 0 radical (unpaired) electrons. The minimum absolute atomic E-state index is 0.450. The lowest BCUT2D eigenvalue weighted by molar-refractivity contribution is 0.0221. The van der Waals surface area contributed by atoms with Crippen LogP contribution >= 0.6 is 0 Å². The van der Waals surface area contributed by atoms with Gasteiger partial charge < -0.3 is 10.4 Å². The highest BCUT2D eigenvalue weighted by molar-refractivity contribution is 4.86. The summed E-state index contributed by atoms with van der Waals surface area (Å²) >= 11 is 0. The summed E-state index contributed by atoms with van der Waals surface area (Å²) in [5, 5.41) is 13.9. The van der Waals surface area contributed by atoms with Crippen molar-refractivity contribution >= 4 is 0 Å². The lowest BCUT2D eigenvalue weighted by atomic mass is 9.88. The van der Waals surface area contributed by atoms with Crippen molar-refractivity contribution in [2.45, 2.75) is 71.4 Å². The molecule has 0 aliphatic heterocycles. The van der Waals surface area contributed by atoms with E-state index >= 15 is 0 Å². The van der Waals surface area contributed by atoms with Crippen LogP contribution in [0.4, 0.5) is 0 Å². The second-order valence-corrected chi connectivity index (χ2v) is 6.19. The first-order valence-corrected chi connectivity index (χ1v) is 6.89. The molecule has 0 amide bonds. The van der Waals surface area contributed by atoms with E-state index in [9.17, 15) is 5.11 Å². The fourth-order valence-corrected chi connectivity index (χ4v) is 2.65. The van der Waals surface area contributed by atoms with Crippen LogP contribution in [0.25, 0.3) is 0 Å². The zero-order valence-electron chi connectivity index (χ0n) is 11.4. The average molecular weight is 227 g/mol. The molecule has 0 aromatic heterocycles. The highest BCUT2D eigenvalue weighted by Gasteiger charge is 2.31. The molecule has 0 heterocycles. The molecule has 1 aliphatic rings. The van der Waals surface area contributed by atoms with E-state index in [4.69, 9.17) is 0 Å². The Bertz CT molecular complexity index is 203. The van der Waals surface area contributed by atoms with Crippen LogP contribution in [0.15, 0.2) is 0 Å².